The maximum atomic E-state index is 11.5. The Morgan fingerprint density at radius 1 is 1.20 bits per heavy atom. The molecule has 2 rings (SSSR count). The number of anilines is 1. The lowest BCUT2D eigenvalue weighted by Gasteiger charge is -2.13. The predicted octanol–water partition coefficient (Wildman–Crippen LogP) is 2.68. The summed E-state index contributed by atoms with van der Waals surface area (Å²) in [5, 5.41) is 8.88. The van der Waals surface area contributed by atoms with E-state index in [0.717, 1.165) is 11.3 Å². The van der Waals surface area contributed by atoms with Crippen molar-refractivity contribution in [3.8, 4) is 11.5 Å². The van der Waals surface area contributed by atoms with Crippen molar-refractivity contribution in [2.45, 2.75) is 6.92 Å². The van der Waals surface area contributed by atoms with Crippen LogP contribution in [-0.2, 0) is 4.79 Å². The van der Waals surface area contributed by atoms with Crippen LogP contribution in [0.5, 0.6) is 11.5 Å². The molecule has 0 saturated carbocycles. The highest BCUT2D eigenvalue weighted by atomic mass is 16.5. The minimum atomic E-state index is -0.167. The van der Waals surface area contributed by atoms with Gasteiger partial charge in [0.2, 0.25) is 0 Å². The van der Waals surface area contributed by atoms with Gasteiger partial charge in [-0.2, -0.15) is 5.10 Å². The lowest BCUT2D eigenvalue weighted by atomic mass is 10.2. The van der Waals surface area contributed by atoms with Gasteiger partial charge in [-0.05, 0) is 42.8 Å². The van der Waals surface area contributed by atoms with Crippen LogP contribution in [0.1, 0.15) is 12.5 Å². The summed E-state index contributed by atoms with van der Waals surface area (Å²) in [5.41, 5.74) is 1.86. The second-order valence-corrected chi connectivity index (χ2v) is 5.26. The summed E-state index contributed by atoms with van der Waals surface area (Å²) in [4.78, 5) is 11.5. The number of methoxy groups -OCH3 is 1. The van der Waals surface area contributed by atoms with E-state index in [4.69, 9.17) is 9.47 Å². The predicted molar refractivity (Wildman–Crippen MR) is 99.6 cm³/mol. The van der Waals surface area contributed by atoms with E-state index in [-0.39, 0.29) is 12.5 Å². The molecular weight excluding hydrogens is 318 g/mol. The molecule has 0 saturated heterocycles. The Hall–Kier alpha value is -3.02. The van der Waals surface area contributed by atoms with Crippen LogP contribution in [0.25, 0.3) is 0 Å². The first-order chi connectivity index (χ1) is 12.1. The third-order valence-corrected chi connectivity index (χ3v) is 3.43. The summed E-state index contributed by atoms with van der Waals surface area (Å²) < 4.78 is 10.8. The SMILES string of the molecule is CCNC(=O)COc1ccc(/C=N\N(C)c2ccccc2)cc1OC. The zero-order valence-electron chi connectivity index (χ0n) is 14.7. The first-order valence-corrected chi connectivity index (χ1v) is 8.04. The summed E-state index contributed by atoms with van der Waals surface area (Å²) in [6.07, 6.45) is 1.74. The van der Waals surface area contributed by atoms with E-state index in [1.165, 1.54) is 0 Å². The number of carbonyl (C=O) groups excluding carboxylic acids is 1. The van der Waals surface area contributed by atoms with Crippen molar-refractivity contribution in [3.05, 3.63) is 54.1 Å². The number of hydrazone groups is 1. The third kappa shape index (κ3) is 5.53. The van der Waals surface area contributed by atoms with Crippen molar-refractivity contribution in [1.82, 2.24) is 5.32 Å². The maximum absolute atomic E-state index is 11.5. The fourth-order valence-corrected chi connectivity index (χ4v) is 2.14. The standard InChI is InChI=1S/C19H23N3O3/c1-4-20-19(23)14-25-17-11-10-15(12-18(17)24-3)13-21-22(2)16-8-6-5-7-9-16/h5-13H,4,14H2,1-3H3,(H,20,23)/b21-13-. The van der Waals surface area contributed by atoms with Gasteiger partial charge in [0.05, 0.1) is 19.0 Å². The Morgan fingerprint density at radius 3 is 2.64 bits per heavy atom. The molecule has 0 fully saturated rings. The van der Waals surface area contributed by atoms with E-state index in [9.17, 15) is 4.79 Å². The van der Waals surface area contributed by atoms with Crippen molar-refractivity contribution >= 4 is 17.8 Å². The number of amides is 1. The average Bonchev–Trinajstić information content (AvgIpc) is 2.65. The second kappa shape index (κ2) is 9.32. The number of likely N-dealkylation sites (N-methyl/N-ethyl adjacent to an activating group) is 1. The quantitative estimate of drug-likeness (QED) is 0.592. The highest BCUT2D eigenvalue weighted by Crippen LogP contribution is 2.27. The fraction of sp³-hybridized carbons (Fsp3) is 0.263. The van der Waals surface area contributed by atoms with Crippen molar-refractivity contribution < 1.29 is 14.3 Å². The van der Waals surface area contributed by atoms with Crippen LogP contribution in [0, 0.1) is 0 Å². The van der Waals surface area contributed by atoms with E-state index in [1.54, 1.807) is 24.4 Å². The van der Waals surface area contributed by atoms with Crippen molar-refractivity contribution in [1.29, 1.82) is 0 Å². The fourth-order valence-electron chi connectivity index (χ4n) is 2.14. The zero-order valence-corrected chi connectivity index (χ0v) is 14.7. The van der Waals surface area contributed by atoms with E-state index in [0.29, 0.717) is 18.0 Å². The number of ether oxygens (including phenoxy) is 2. The van der Waals surface area contributed by atoms with Gasteiger partial charge in [-0.25, -0.2) is 0 Å². The van der Waals surface area contributed by atoms with Gasteiger partial charge < -0.3 is 14.8 Å². The van der Waals surface area contributed by atoms with E-state index in [1.807, 2.05) is 56.4 Å². The van der Waals surface area contributed by atoms with Crippen LogP contribution in [0.15, 0.2) is 53.6 Å². The molecule has 0 unspecified atom stereocenters. The molecule has 0 heterocycles. The minimum absolute atomic E-state index is 0.0472. The van der Waals surface area contributed by atoms with Crippen LogP contribution in [-0.4, -0.2) is 39.4 Å². The number of nitrogens with zero attached hydrogens (tertiary/aromatic N) is 2. The van der Waals surface area contributed by atoms with Crippen LogP contribution >= 0.6 is 0 Å². The summed E-state index contributed by atoms with van der Waals surface area (Å²) in [7, 11) is 3.44. The first kappa shape index (κ1) is 18.3. The van der Waals surface area contributed by atoms with Gasteiger partial charge in [0.15, 0.2) is 18.1 Å². The summed E-state index contributed by atoms with van der Waals surface area (Å²) in [6.45, 7) is 2.39. The average molecular weight is 341 g/mol. The normalized spacial score (nSPS) is 10.5. The monoisotopic (exact) mass is 341 g/mol. The maximum Gasteiger partial charge on any atom is 0.257 e. The topological polar surface area (TPSA) is 63.2 Å². The highest BCUT2D eigenvalue weighted by molar-refractivity contribution is 5.82. The van der Waals surface area contributed by atoms with Crippen molar-refractivity contribution in [2.75, 3.05) is 32.3 Å². The lowest BCUT2D eigenvalue weighted by Crippen LogP contribution is -2.28. The van der Waals surface area contributed by atoms with Crippen LogP contribution in [0.3, 0.4) is 0 Å². The number of carbonyl (C=O) groups is 1. The van der Waals surface area contributed by atoms with Crippen LogP contribution in [0.4, 0.5) is 5.69 Å². The molecule has 0 aliphatic carbocycles. The largest absolute Gasteiger partial charge is 0.493 e. The Labute approximate surface area is 148 Å². The summed E-state index contributed by atoms with van der Waals surface area (Å²) >= 11 is 0. The molecule has 25 heavy (non-hydrogen) atoms. The molecular formula is C19H23N3O3. The number of benzene rings is 2. The highest BCUT2D eigenvalue weighted by Gasteiger charge is 2.08. The molecule has 0 atom stereocenters. The summed E-state index contributed by atoms with van der Waals surface area (Å²) in [6, 6.07) is 15.3. The van der Waals surface area contributed by atoms with Gasteiger partial charge in [0, 0.05) is 13.6 Å². The van der Waals surface area contributed by atoms with Gasteiger partial charge in [-0.15, -0.1) is 0 Å². The van der Waals surface area contributed by atoms with Gasteiger partial charge in [0.25, 0.3) is 5.91 Å². The second-order valence-electron chi connectivity index (χ2n) is 5.26. The molecule has 0 radical (unpaired) electrons. The Bertz CT molecular complexity index is 717. The zero-order chi connectivity index (χ0) is 18.1. The first-order valence-electron chi connectivity index (χ1n) is 8.04. The Balaban J connectivity index is 2.05. The number of rotatable bonds is 8. The van der Waals surface area contributed by atoms with Gasteiger partial charge in [-0.1, -0.05) is 18.2 Å². The minimum Gasteiger partial charge on any atom is -0.493 e. The molecule has 0 aliphatic rings. The third-order valence-electron chi connectivity index (χ3n) is 3.43. The molecule has 1 amide bonds. The Kier molecular flexibility index (Phi) is 6.83. The summed E-state index contributed by atoms with van der Waals surface area (Å²) in [5.74, 6) is 0.901. The molecule has 2 aromatic carbocycles. The van der Waals surface area contributed by atoms with Gasteiger partial charge in [0.1, 0.15) is 0 Å². The number of nitrogens with one attached hydrogen (secondary N) is 1. The van der Waals surface area contributed by atoms with Crippen molar-refractivity contribution in [3.63, 3.8) is 0 Å². The molecule has 132 valence electrons. The van der Waals surface area contributed by atoms with Gasteiger partial charge >= 0.3 is 0 Å². The number of hydrogen-bond acceptors (Lipinski definition) is 5. The number of hydrogen-bond donors (Lipinski definition) is 1. The van der Waals surface area contributed by atoms with E-state index >= 15 is 0 Å². The molecule has 0 aliphatic heterocycles. The van der Waals surface area contributed by atoms with E-state index < -0.39 is 0 Å². The van der Waals surface area contributed by atoms with Crippen LogP contribution in [0.2, 0.25) is 0 Å². The molecule has 6 nitrogen and oxygen atoms in total. The molecule has 0 aromatic heterocycles. The number of para-hydroxylation sites is 1. The Morgan fingerprint density at radius 2 is 1.96 bits per heavy atom. The lowest BCUT2D eigenvalue weighted by molar-refractivity contribution is -0.123. The molecule has 2 aromatic rings. The van der Waals surface area contributed by atoms with E-state index in [2.05, 4.69) is 10.4 Å². The smallest absolute Gasteiger partial charge is 0.257 e. The molecule has 6 heteroatoms. The van der Waals surface area contributed by atoms with Crippen molar-refractivity contribution in [2.24, 2.45) is 5.10 Å². The molecule has 1 N–H and O–H groups in total. The van der Waals surface area contributed by atoms with Crippen LogP contribution < -0.4 is 19.8 Å². The van der Waals surface area contributed by atoms with Gasteiger partial charge in [-0.3, -0.25) is 9.80 Å². The molecule has 0 bridgehead atoms. The molecule has 0 spiro atoms.